The maximum absolute atomic E-state index is 12.5. The average molecular weight is 471 g/mol. The molecule has 0 fully saturated rings. The first kappa shape index (κ1) is 25.1. The van der Waals surface area contributed by atoms with Crippen LogP contribution in [0.1, 0.15) is 37.7 Å². The van der Waals surface area contributed by atoms with Crippen LogP contribution in [0.25, 0.3) is 0 Å². The minimum atomic E-state index is -3.29. The molecule has 0 radical (unpaired) electrons. The zero-order chi connectivity index (χ0) is 23.8. The monoisotopic (exact) mass is 470 g/mol. The molecule has 0 amide bonds. The summed E-state index contributed by atoms with van der Waals surface area (Å²) in [6, 6.07) is 7.29. The first-order valence-electron chi connectivity index (χ1n) is 11.3. The molecule has 0 saturated carbocycles. The molecule has 1 aliphatic heterocycles. The Balaban J connectivity index is 2.00. The maximum Gasteiger partial charge on any atom is 0.178 e. The Bertz CT molecular complexity index is 1070. The van der Waals surface area contributed by atoms with Crippen molar-refractivity contribution in [2.75, 3.05) is 25.6 Å². The van der Waals surface area contributed by atoms with E-state index in [1.54, 1.807) is 19.1 Å². The maximum atomic E-state index is 12.5. The molecule has 0 saturated heterocycles. The van der Waals surface area contributed by atoms with E-state index in [0.29, 0.717) is 24.0 Å². The number of hydrogen-bond acceptors (Lipinski definition) is 6. The molecule has 3 rings (SSSR count). The second-order valence-corrected chi connectivity index (χ2v) is 10.2. The predicted octanol–water partition coefficient (Wildman–Crippen LogP) is 3.15. The lowest BCUT2D eigenvalue weighted by Gasteiger charge is -2.31. The first-order valence-corrected chi connectivity index (χ1v) is 13.0. The zero-order valence-electron chi connectivity index (χ0n) is 19.2. The number of benzene rings is 1. The van der Waals surface area contributed by atoms with E-state index in [4.69, 9.17) is 10.5 Å². The molecule has 8 heteroatoms. The van der Waals surface area contributed by atoms with Crippen LogP contribution in [0.5, 0.6) is 0 Å². The van der Waals surface area contributed by atoms with Gasteiger partial charge in [0.1, 0.15) is 5.84 Å². The van der Waals surface area contributed by atoms with Gasteiger partial charge >= 0.3 is 0 Å². The van der Waals surface area contributed by atoms with Crippen molar-refractivity contribution in [3.05, 3.63) is 78.2 Å². The number of aliphatic imine (C=N–C) groups is 1. The molecule has 178 valence electrons. The zero-order valence-corrected chi connectivity index (χ0v) is 20.0. The normalized spacial score (nSPS) is 23.0. The summed E-state index contributed by atoms with van der Waals surface area (Å²) in [5, 5.41) is 6.55. The van der Waals surface area contributed by atoms with Gasteiger partial charge in [-0.1, -0.05) is 44.4 Å². The number of nitrogens with two attached hydrogens (primary N) is 1. The van der Waals surface area contributed by atoms with Crippen molar-refractivity contribution in [1.82, 2.24) is 10.6 Å². The van der Waals surface area contributed by atoms with Crippen LogP contribution in [0, 0.1) is 0 Å². The SMILES string of the molecule is C=C/C=C1/C2=C(N/C1=N/C=C)C(OCCCNCN)CCC2c1cccc(S(=O)(=O)CC)c1. The van der Waals surface area contributed by atoms with Gasteiger partial charge in [0.25, 0.3) is 0 Å². The summed E-state index contributed by atoms with van der Waals surface area (Å²) in [7, 11) is -3.29. The van der Waals surface area contributed by atoms with Crippen LogP contribution in [0.2, 0.25) is 0 Å². The van der Waals surface area contributed by atoms with E-state index in [1.165, 1.54) is 6.20 Å². The van der Waals surface area contributed by atoms with Crippen LogP contribution >= 0.6 is 0 Å². The van der Waals surface area contributed by atoms with Gasteiger partial charge in [-0.15, -0.1) is 0 Å². The summed E-state index contributed by atoms with van der Waals surface area (Å²) < 4.78 is 31.2. The Hall–Kier alpha value is -2.52. The molecular weight excluding hydrogens is 436 g/mol. The summed E-state index contributed by atoms with van der Waals surface area (Å²) in [5.74, 6) is 0.794. The van der Waals surface area contributed by atoms with E-state index < -0.39 is 9.84 Å². The van der Waals surface area contributed by atoms with Crippen molar-refractivity contribution in [2.45, 2.75) is 43.1 Å². The molecule has 7 nitrogen and oxygen atoms in total. The summed E-state index contributed by atoms with van der Waals surface area (Å²) in [5.41, 5.74) is 9.46. The smallest absolute Gasteiger partial charge is 0.178 e. The Morgan fingerprint density at radius 3 is 2.85 bits per heavy atom. The Morgan fingerprint density at radius 2 is 2.15 bits per heavy atom. The third-order valence-electron chi connectivity index (χ3n) is 5.94. The van der Waals surface area contributed by atoms with Crippen LogP contribution in [0.3, 0.4) is 0 Å². The van der Waals surface area contributed by atoms with Gasteiger partial charge in [0, 0.05) is 31.0 Å². The molecule has 1 aromatic carbocycles. The standard InChI is InChI=1S/C25H34N4O3S/c1-4-9-21-23-20(18-10-7-11-19(16-18)33(30,31)6-3)12-13-22(32-15-8-14-27-17-26)24(23)29-25(21)28-5-2/h4-5,7,9-11,16,20,22,27H,1-2,6,8,12-15,17,26H2,3H3,(H,28,29)/b21-9-. The van der Waals surface area contributed by atoms with Crippen LogP contribution in [-0.2, 0) is 14.6 Å². The number of nitrogens with one attached hydrogen (secondary N) is 2. The number of allylic oxidation sites excluding steroid dienone is 2. The van der Waals surface area contributed by atoms with Crippen molar-refractivity contribution >= 4 is 15.7 Å². The highest BCUT2D eigenvalue weighted by atomic mass is 32.2. The molecule has 4 N–H and O–H groups in total. The highest BCUT2D eigenvalue weighted by Crippen LogP contribution is 2.45. The summed E-state index contributed by atoms with van der Waals surface area (Å²) in [6.45, 7) is 11.1. The number of rotatable bonds is 11. The van der Waals surface area contributed by atoms with Gasteiger partial charge < -0.3 is 21.1 Å². The van der Waals surface area contributed by atoms with E-state index in [-0.39, 0.29) is 17.8 Å². The van der Waals surface area contributed by atoms with Crippen molar-refractivity contribution < 1.29 is 13.2 Å². The van der Waals surface area contributed by atoms with Crippen LogP contribution < -0.4 is 16.4 Å². The third kappa shape index (κ3) is 5.70. The predicted molar refractivity (Wildman–Crippen MR) is 134 cm³/mol. The van der Waals surface area contributed by atoms with Gasteiger partial charge in [0.2, 0.25) is 0 Å². The minimum absolute atomic E-state index is 0.0157. The largest absolute Gasteiger partial charge is 0.372 e. The minimum Gasteiger partial charge on any atom is -0.372 e. The van der Waals surface area contributed by atoms with Crippen molar-refractivity contribution in [1.29, 1.82) is 0 Å². The summed E-state index contributed by atoms with van der Waals surface area (Å²) >= 11 is 0. The van der Waals surface area contributed by atoms with Gasteiger partial charge in [-0.3, -0.25) is 0 Å². The van der Waals surface area contributed by atoms with Gasteiger partial charge in [0.05, 0.1) is 22.4 Å². The molecule has 1 aromatic rings. The quantitative estimate of drug-likeness (QED) is 0.339. The molecule has 0 aromatic heterocycles. The average Bonchev–Trinajstić information content (AvgIpc) is 3.18. The number of sulfone groups is 1. The molecule has 1 heterocycles. The molecule has 33 heavy (non-hydrogen) atoms. The van der Waals surface area contributed by atoms with Gasteiger partial charge in [0.15, 0.2) is 9.84 Å². The molecule has 2 aliphatic rings. The summed E-state index contributed by atoms with van der Waals surface area (Å²) in [6.07, 6.45) is 7.60. The molecule has 1 aliphatic carbocycles. The topological polar surface area (TPSA) is 106 Å². The molecule has 0 spiro atoms. The van der Waals surface area contributed by atoms with E-state index in [1.807, 2.05) is 24.3 Å². The molecule has 2 atom stereocenters. The van der Waals surface area contributed by atoms with Crippen molar-refractivity contribution in [2.24, 2.45) is 10.7 Å². The first-order chi connectivity index (χ1) is 16.0. The lowest BCUT2D eigenvalue weighted by Crippen LogP contribution is -2.31. The fourth-order valence-electron chi connectivity index (χ4n) is 4.37. The number of amidine groups is 1. The van der Waals surface area contributed by atoms with Crippen molar-refractivity contribution in [3.8, 4) is 0 Å². The Labute approximate surface area is 197 Å². The van der Waals surface area contributed by atoms with Gasteiger partial charge in [-0.2, -0.15) is 0 Å². The highest BCUT2D eigenvalue weighted by molar-refractivity contribution is 7.91. The highest BCUT2D eigenvalue weighted by Gasteiger charge is 2.39. The van der Waals surface area contributed by atoms with Crippen LogP contribution in [0.15, 0.2) is 82.5 Å². The van der Waals surface area contributed by atoms with Gasteiger partial charge in [-0.05, 0) is 49.1 Å². The van der Waals surface area contributed by atoms with Crippen molar-refractivity contribution in [3.63, 3.8) is 0 Å². The Morgan fingerprint density at radius 1 is 1.33 bits per heavy atom. The fraction of sp³-hybridized carbons (Fsp3) is 0.400. The molecule has 2 unspecified atom stereocenters. The Kier molecular flexibility index (Phi) is 8.80. The lowest BCUT2D eigenvalue weighted by atomic mass is 9.78. The molecular formula is C25H34N4O3S. The fourth-order valence-corrected chi connectivity index (χ4v) is 5.30. The number of nitrogens with zero attached hydrogens (tertiary/aromatic N) is 1. The second-order valence-electron chi connectivity index (χ2n) is 7.95. The van der Waals surface area contributed by atoms with Crippen LogP contribution in [0.4, 0.5) is 0 Å². The number of ether oxygens (including phenoxy) is 1. The van der Waals surface area contributed by atoms with Crippen LogP contribution in [-0.4, -0.2) is 45.9 Å². The lowest BCUT2D eigenvalue weighted by molar-refractivity contribution is 0.0607. The summed E-state index contributed by atoms with van der Waals surface area (Å²) in [4.78, 5) is 4.79. The second kappa shape index (κ2) is 11.6. The van der Waals surface area contributed by atoms with E-state index in [2.05, 4.69) is 28.8 Å². The van der Waals surface area contributed by atoms with E-state index in [0.717, 1.165) is 48.2 Å². The molecule has 0 bridgehead atoms. The van der Waals surface area contributed by atoms with Gasteiger partial charge in [-0.25, -0.2) is 13.4 Å². The van der Waals surface area contributed by atoms with E-state index in [9.17, 15) is 8.42 Å². The number of hydrogen-bond donors (Lipinski definition) is 3. The third-order valence-corrected chi connectivity index (χ3v) is 7.67. The van der Waals surface area contributed by atoms with E-state index >= 15 is 0 Å².